The lowest BCUT2D eigenvalue weighted by Crippen LogP contribution is -2.49. The van der Waals surface area contributed by atoms with Crippen molar-refractivity contribution in [3.05, 3.63) is 0 Å². The van der Waals surface area contributed by atoms with E-state index in [0.717, 1.165) is 6.54 Å². The molecule has 0 spiro atoms. The number of hydrogen-bond donors (Lipinski definition) is 1. The predicted octanol–water partition coefficient (Wildman–Crippen LogP) is -0.497. The van der Waals surface area contributed by atoms with Gasteiger partial charge >= 0.3 is 0 Å². The van der Waals surface area contributed by atoms with E-state index in [1.807, 2.05) is 11.8 Å². The lowest BCUT2D eigenvalue weighted by molar-refractivity contribution is -0.0936. The van der Waals surface area contributed by atoms with E-state index in [9.17, 15) is 8.42 Å². The highest BCUT2D eigenvalue weighted by Crippen LogP contribution is 2.10. The highest BCUT2D eigenvalue weighted by Gasteiger charge is 2.25. The standard InChI is InChI=1S/C10H21NO4S/c1-3-16(13,14)5-4-11-6-9(2)15-10(7-11)8-12/h9-10,12H,3-8H2,1-2H3. The van der Waals surface area contributed by atoms with Gasteiger partial charge in [-0.3, -0.25) is 4.90 Å². The van der Waals surface area contributed by atoms with Crippen LogP contribution in [-0.2, 0) is 14.6 Å². The van der Waals surface area contributed by atoms with Crippen LogP contribution in [-0.4, -0.2) is 68.4 Å². The lowest BCUT2D eigenvalue weighted by atomic mass is 10.2. The smallest absolute Gasteiger partial charge is 0.151 e. The molecule has 2 unspecified atom stereocenters. The summed E-state index contributed by atoms with van der Waals surface area (Å²) in [6.45, 7) is 5.45. The molecule has 16 heavy (non-hydrogen) atoms. The van der Waals surface area contributed by atoms with Crippen molar-refractivity contribution in [2.24, 2.45) is 0 Å². The molecular formula is C10H21NO4S. The van der Waals surface area contributed by atoms with Crippen molar-refractivity contribution in [2.45, 2.75) is 26.1 Å². The first-order valence-electron chi connectivity index (χ1n) is 5.66. The first-order chi connectivity index (χ1) is 7.46. The first-order valence-corrected chi connectivity index (χ1v) is 7.48. The predicted molar refractivity (Wildman–Crippen MR) is 62.2 cm³/mol. The van der Waals surface area contributed by atoms with Crippen molar-refractivity contribution >= 4 is 9.84 Å². The Labute approximate surface area is 97.3 Å². The number of morpholine rings is 1. The molecule has 1 aliphatic rings. The van der Waals surface area contributed by atoms with Crippen LogP contribution >= 0.6 is 0 Å². The molecule has 6 heteroatoms. The number of aliphatic hydroxyl groups excluding tert-OH is 1. The van der Waals surface area contributed by atoms with Crippen molar-refractivity contribution in [3.63, 3.8) is 0 Å². The maximum Gasteiger partial charge on any atom is 0.151 e. The molecule has 0 aromatic carbocycles. The number of nitrogens with zero attached hydrogens (tertiary/aromatic N) is 1. The summed E-state index contributed by atoms with van der Waals surface area (Å²) < 4.78 is 28.2. The molecule has 1 N–H and O–H groups in total. The normalized spacial score (nSPS) is 28.2. The Morgan fingerprint density at radius 2 is 2.12 bits per heavy atom. The molecule has 1 heterocycles. The van der Waals surface area contributed by atoms with Crippen molar-refractivity contribution < 1.29 is 18.3 Å². The van der Waals surface area contributed by atoms with Crippen molar-refractivity contribution in [3.8, 4) is 0 Å². The molecule has 1 saturated heterocycles. The molecule has 1 fully saturated rings. The summed E-state index contributed by atoms with van der Waals surface area (Å²) in [4.78, 5) is 2.04. The van der Waals surface area contributed by atoms with E-state index in [1.165, 1.54) is 0 Å². The van der Waals surface area contributed by atoms with Crippen LogP contribution in [0.1, 0.15) is 13.8 Å². The molecule has 0 aromatic heterocycles. The van der Waals surface area contributed by atoms with Gasteiger partial charge in [-0.25, -0.2) is 8.42 Å². The average molecular weight is 251 g/mol. The number of ether oxygens (including phenoxy) is 1. The zero-order valence-electron chi connectivity index (χ0n) is 9.92. The van der Waals surface area contributed by atoms with Crippen LogP contribution in [0.3, 0.4) is 0 Å². The van der Waals surface area contributed by atoms with Gasteiger partial charge in [0.15, 0.2) is 9.84 Å². The Balaban J connectivity index is 2.42. The summed E-state index contributed by atoms with van der Waals surface area (Å²) in [5, 5.41) is 9.03. The van der Waals surface area contributed by atoms with Crippen LogP contribution in [0.15, 0.2) is 0 Å². The van der Waals surface area contributed by atoms with Crippen LogP contribution in [0.5, 0.6) is 0 Å². The molecular weight excluding hydrogens is 230 g/mol. The van der Waals surface area contributed by atoms with Crippen LogP contribution in [0.2, 0.25) is 0 Å². The fourth-order valence-electron chi connectivity index (χ4n) is 1.84. The fourth-order valence-corrected chi connectivity index (χ4v) is 2.66. The van der Waals surface area contributed by atoms with Crippen molar-refractivity contribution in [1.82, 2.24) is 4.90 Å². The second-order valence-corrected chi connectivity index (χ2v) is 6.72. The van der Waals surface area contributed by atoms with E-state index in [0.29, 0.717) is 13.1 Å². The molecule has 1 aliphatic heterocycles. The monoisotopic (exact) mass is 251 g/mol. The second-order valence-electron chi connectivity index (χ2n) is 4.25. The van der Waals surface area contributed by atoms with Gasteiger partial charge in [-0.2, -0.15) is 0 Å². The third-order valence-corrected chi connectivity index (χ3v) is 4.45. The maximum absolute atomic E-state index is 11.4. The molecule has 2 atom stereocenters. The highest BCUT2D eigenvalue weighted by molar-refractivity contribution is 7.91. The molecule has 0 radical (unpaired) electrons. The Bertz CT molecular complexity index is 304. The van der Waals surface area contributed by atoms with Gasteiger partial charge < -0.3 is 9.84 Å². The van der Waals surface area contributed by atoms with Crippen LogP contribution in [0.4, 0.5) is 0 Å². The first kappa shape index (κ1) is 13.9. The summed E-state index contributed by atoms with van der Waals surface area (Å²) in [5.41, 5.74) is 0. The number of rotatable bonds is 5. The summed E-state index contributed by atoms with van der Waals surface area (Å²) in [6.07, 6.45) is -0.136. The Morgan fingerprint density at radius 3 is 2.69 bits per heavy atom. The Morgan fingerprint density at radius 1 is 1.44 bits per heavy atom. The molecule has 0 saturated carbocycles. The summed E-state index contributed by atoms with van der Waals surface area (Å²) >= 11 is 0. The largest absolute Gasteiger partial charge is 0.394 e. The van der Waals surface area contributed by atoms with Crippen LogP contribution in [0.25, 0.3) is 0 Å². The third kappa shape index (κ3) is 4.37. The minimum absolute atomic E-state index is 0.0125. The van der Waals surface area contributed by atoms with E-state index >= 15 is 0 Å². The van der Waals surface area contributed by atoms with Gasteiger partial charge in [-0.1, -0.05) is 6.92 Å². The molecule has 96 valence electrons. The molecule has 5 nitrogen and oxygen atoms in total. The second kappa shape index (κ2) is 5.95. The maximum atomic E-state index is 11.4. The van der Waals surface area contributed by atoms with Crippen LogP contribution in [0, 0.1) is 0 Å². The minimum atomic E-state index is -2.91. The lowest BCUT2D eigenvalue weighted by Gasteiger charge is -2.35. The fraction of sp³-hybridized carbons (Fsp3) is 1.00. The average Bonchev–Trinajstić information content (AvgIpc) is 2.26. The summed E-state index contributed by atoms with van der Waals surface area (Å²) in [7, 11) is -2.91. The number of aliphatic hydroxyl groups is 1. The number of hydrogen-bond acceptors (Lipinski definition) is 5. The van der Waals surface area contributed by atoms with Gasteiger partial charge in [0.05, 0.1) is 24.6 Å². The third-order valence-electron chi connectivity index (χ3n) is 2.76. The van der Waals surface area contributed by atoms with E-state index in [-0.39, 0.29) is 30.3 Å². The van der Waals surface area contributed by atoms with Crippen LogP contribution < -0.4 is 0 Å². The van der Waals surface area contributed by atoms with Gasteiger partial charge in [0.2, 0.25) is 0 Å². The van der Waals surface area contributed by atoms with Gasteiger partial charge in [0, 0.05) is 25.4 Å². The molecule has 0 bridgehead atoms. The summed E-state index contributed by atoms with van der Waals surface area (Å²) in [5.74, 6) is 0.380. The van der Waals surface area contributed by atoms with Gasteiger partial charge in [-0.15, -0.1) is 0 Å². The zero-order valence-corrected chi connectivity index (χ0v) is 10.7. The topological polar surface area (TPSA) is 66.8 Å². The van der Waals surface area contributed by atoms with Crippen molar-refractivity contribution in [2.75, 3.05) is 37.7 Å². The molecule has 0 aromatic rings. The Kier molecular flexibility index (Phi) is 5.17. The van der Waals surface area contributed by atoms with Crippen molar-refractivity contribution in [1.29, 1.82) is 0 Å². The van der Waals surface area contributed by atoms with E-state index in [2.05, 4.69) is 0 Å². The summed E-state index contributed by atoms with van der Waals surface area (Å²) in [6, 6.07) is 0. The van der Waals surface area contributed by atoms with E-state index in [4.69, 9.17) is 9.84 Å². The van der Waals surface area contributed by atoms with Gasteiger partial charge in [0.25, 0.3) is 0 Å². The van der Waals surface area contributed by atoms with E-state index in [1.54, 1.807) is 6.92 Å². The minimum Gasteiger partial charge on any atom is -0.394 e. The zero-order chi connectivity index (χ0) is 12.2. The quantitative estimate of drug-likeness (QED) is 0.714. The number of sulfone groups is 1. The molecule has 1 rings (SSSR count). The molecule has 0 aliphatic carbocycles. The van der Waals surface area contributed by atoms with Gasteiger partial charge in [0.1, 0.15) is 0 Å². The Hall–Kier alpha value is -0.170. The van der Waals surface area contributed by atoms with E-state index < -0.39 is 9.84 Å². The highest BCUT2D eigenvalue weighted by atomic mass is 32.2. The molecule has 0 amide bonds. The SMILES string of the molecule is CCS(=O)(=O)CCN1CC(C)OC(CO)C1. The van der Waals surface area contributed by atoms with Gasteiger partial charge in [-0.05, 0) is 6.92 Å².